The summed E-state index contributed by atoms with van der Waals surface area (Å²) in [6, 6.07) is 14.0. The van der Waals surface area contributed by atoms with Gasteiger partial charge in [0.15, 0.2) is 0 Å². The van der Waals surface area contributed by atoms with E-state index in [1.54, 1.807) is 13.0 Å². The maximum absolute atomic E-state index is 11.4. The van der Waals surface area contributed by atoms with Crippen molar-refractivity contribution >= 4 is 28.8 Å². The van der Waals surface area contributed by atoms with Crippen molar-refractivity contribution in [2.24, 2.45) is 7.05 Å². The predicted molar refractivity (Wildman–Crippen MR) is 130 cm³/mol. The maximum atomic E-state index is 11.4. The lowest BCUT2D eigenvalue weighted by molar-refractivity contribution is -0.137. The molecule has 8 nitrogen and oxygen atoms in total. The highest BCUT2D eigenvalue weighted by Gasteiger charge is 2.11. The molecule has 3 rings (SSSR count). The summed E-state index contributed by atoms with van der Waals surface area (Å²) < 4.78 is 6.95. The van der Waals surface area contributed by atoms with Gasteiger partial charge in [-0.25, -0.2) is 9.78 Å². The van der Waals surface area contributed by atoms with Gasteiger partial charge in [-0.05, 0) is 42.3 Å². The van der Waals surface area contributed by atoms with Gasteiger partial charge in [0.2, 0.25) is 0 Å². The van der Waals surface area contributed by atoms with E-state index in [2.05, 4.69) is 9.88 Å². The van der Waals surface area contributed by atoms with Crippen LogP contribution in [-0.4, -0.2) is 58.6 Å². The number of fused-ring (bicyclic) bond motifs is 1. The number of carbonyl (C=O) groups is 1. The number of hydrogen-bond donors (Lipinski definition) is 3. The summed E-state index contributed by atoms with van der Waals surface area (Å²) in [5.41, 5.74) is 4.91. The van der Waals surface area contributed by atoms with E-state index in [9.17, 15) is 15.0 Å². The topological polar surface area (TPSA) is 99.8 Å². The fourth-order valence-corrected chi connectivity index (χ4v) is 3.62. The number of aliphatic hydroxyl groups is 2. The molecule has 3 aromatic rings. The smallest absolute Gasteiger partial charge is 0.330 e. The molecule has 0 aliphatic rings. The molecule has 1 aromatic heterocycles. The van der Waals surface area contributed by atoms with Crippen molar-refractivity contribution < 1.29 is 19.7 Å². The van der Waals surface area contributed by atoms with Gasteiger partial charge < -0.3 is 29.7 Å². The molecule has 0 saturated carbocycles. The normalized spacial score (nSPS) is 11.4. The van der Waals surface area contributed by atoms with Crippen molar-refractivity contribution in [1.29, 1.82) is 0 Å². The number of aliphatic hydroxyl groups excluding tert-OH is 2. The number of rotatable bonds is 12. The first-order valence-electron chi connectivity index (χ1n) is 11.1. The first kappa shape index (κ1) is 24.4. The SMILES string of the molecule is CCOC(=O)/C=C/c1ccc(CNCc2nc3cc(N(CCO)CCO)ccc3n2C)cc1. The monoisotopic (exact) mass is 452 g/mol. The Balaban J connectivity index is 1.61. The van der Waals surface area contributed by atoms with Crippen molar-refractivity contribution in [3.05, 3.63) is 65.5 Å². The van der Waals surface area contributed by atoms with E-state index >= 15 is 0 Å². The molecule has 0 radical (unpaired) electrons. The van der Waals surface area contributed by atoms with E-state index in [1.165, 1.54) is 6.08 Å². The molecule has 0 amide bonds. The first-order valence-corrected chi connectivity index (χ1v) is 11.1. The van der Waals surface area contributed by atoms with Gasteiger partial charge >= 0.3 is 5.97 Å². The van der Waals surface area contributed by atoms with Crippen LogP contribution in [0.5, 0.6) is 0 Å². The summed E-state index contributed by atoms with van der Waals surface area (Å²) in [6.07, 6.45) is 3.17. The quantitative estimate of drug-likeness (QED) is 0.286. The van der Waals surface area contributed by atoms with Gasteiger partial charge in [-0.2, -0.15) is 0 Å². The maximum Gasteiger partial charge on any atom is 0.330 e. The van der Waals surface area contributed by atoms with E-state index in [-0.39, 0.29) is 19.2 Å². The average molecular weight is 453 g/mol. The standard InChI is InChI=1S/C25H32N4O4/c1-3-33-25(32)11-8-19-4-6-20(7-5-19)17-26-18-24-27-22-16-21(9-10-23(22)28(24)2)29(12-14-30)13-15-31/h4-11,16,26,30-31H,3,12-15,17-18H2,1-2H3/b11-8+. The number of hydrogen-bond acceptors (Lipinski definition) is 7. The van der Waals surface area contributed by atoms with Crippen molar-refractivity contribution in [2.75, 3.05) is 37.8 Å². The Labute approximate surface area is 194 Å². The number of imidazole rings is 1. The van der Waals surface area contributed by atoms with Gasteiger partial charge in [-0.1, -0.05) is 24.3 Å². The number of esters is 1. The van der Waals surface area contributed by atoms with E-state index in [0.717, 1.165) is 33.7 Å². The van der Waals surface area contributed by atoms with Crippen LogP contribution < -0.4 is 10.2 Å². The van der Waals surface area contributed by atoms with E-state index in [1.807, 2.05) is 54.4 Å². The highest BCUT2D eigenvalue weighted by atomic mass is 16.5. The van der Waals surface area contributed by atoms with Crippen LogP contribution in [0.25, 0.3) is 17.1 Å². The van der Waals surface area contributed by atoms with Gasteiger partial charge in [0.25, 0.3) is 0 Å². The predicted octanol–water partition coefficient (Wildman–Crippen LogP) is 2.23. The summed E-state index contributed by atoms with van der Waals surface area (Å²) in [4.78, 5) is 18.1. The third-order valence-electron chi connectivity index (χ3n) is 5.35. The van der Waals surface area contributed by atoms with Gasteiger partial charge in [0.1, 0.15) is 5.82 Å². The van der Waals surface area contributed by atoms with E-state index in [0.29, 0.717) is 32.8 Å². The van der Waals surface area contributed by atoms with Crippen LogP contribution in [0.4, 0.5) is 5.69 Å². The largest absolute Gasteiger partial charge is 0.463 e. The Morgan fingerprint density at radius 3 is 2.52 bits per heavy atom. The summed E-state index contributed by atoms with van der Waals surface area (Å²) in [5, 5.41) is 22.0. The van der Waals surface area contributed by atoms with Gasteiger partial charge in [-0.3, -0.25) is 0 Å². The molecule has 2 aromatic carbocycles. The van der Waals surface area contributed by atoms with Crippen molar-refractivity contribution in [3.8, 4) is 0 Å². The molecule has 0 bridgehead atoms. The molecule has 8 heteroatoms. The van der Waals surface area contributed by atoms with Crippen LogP contribution in [0, 0.1) is 0 Å². The van der Waals surface area contributed by atoms with Crippen LogP contribution >= 0.6 is 0 Å². The summed E-state index contributed by atoms with van der Waals surface area (Å²) in [6.45, 7) is 4.43. The van der Waals surface area contributed by atoms with Gasteiger partial charge in [0, 0.05) is 38.4 Å². The lowest BCUT2D eigenvalue weighted by Crippen LogP contribution is -2.29. The molecule has 0 fully saturated rings. The van der Waals surface area contributed by atoms with Crippen LogP contribution in [0.1, 0.15) is 23.9 Å². The number of nitrogens with one attached hydrogen (secondary N) is 1. The lowest BCUT2D eigenvalue weighted by Gasteiger charge is -2.22. The summed E-state index contributed by atoms with van der Waals surface area (Å²) >= 11 is 0. The van der Waals surface area contributed by atoms with Crippen LogP contribution in [0.2, 0.25) is 0 Å². The highest BCUT2D eigenvalue weighted by molar-refractivity contribution is 5.87. The molecule has 33 heavy (non-hydrogen) atoms. The number of benzene rings is 2. The zero-order valence-electron chi connectivity index (χ0n) is 19.2. The second kappa shape index (κ2) is 12.2. The molecule has 3 N–H and O–H groups in total. The third-order valence-corrected chi connectivity index (χ3v) is 5.35. The van der Waals surface area contributed by atoms with E-state index < -0.39 is 0 Å². The number of aryl methyl sites for hydroxylation is 1. The zero-order chi connectivity index (χ0) is 23.6. The molecule has 0 spiro atoms. The third kappa shape index (κ3) is 6.64. The Kier molecular flexibility index (Phi) is 9.00. The number of nitrogens with zero attached hydrogens (tertiary/aromatic N) is 3. The van der Waals surface area contributed by atoms with Crippen molar-refractivity contribution in [1.82, 2.24) is 14.9 Å². The highest BCUT2D eigenvalue weighted by Crippen LogP contribution is 2.22. The molecule has 0 aliphatic carbocycles. The fourth-order valence-electron chi connectivity index (χ4n) is 3.62. The Bertz CT molecular complexity index is 1070. The van der Waals surface area contributed by atoms with Crippen molar-refractivity contribution in [3.63, 3.8) is 0 Å². The molecular formula is C25H32N4O4. The molecule has 0 aliphatic heterocycles. The molecule has 0 unspecified atom stereocenters. The minimum atomic E-state index is -0.340. The minimum absolute atomic E-state index is 0.0259. The Morgan fingerprint density at radius 2 is 1.85 bits per heavy atom. The Hall–Kier alpha value is -3.20. The number of anilines is 1. The Morgan fingerprint density at radius 1 is 1.12 bits per heavy atom. The minimum Gasteiger partial charge on any atom is -0.463 e. The van der Waals surface area contributed by atoms with Crippen LogP contribution in [0.15, 0.2) is 48.5 Å². The van der Waals surface area contributed by atoms with Gasteiger partial charge in [0.05, 0.1) is 37.4 Å². The molecule has 176 valence electrons. The number of ether oxygens (including phenoxy) is 1. The summed E-state index contributed by atoms with van der Waals surface area (Å²) in [7, 11) is 2.00. The molecular weight excluding hydrogens is 420 g/mol. The average Bonchev–Trinajstić information content (AvgIpc) is 3.13. The lowest BCUT2D eigenvalue weighted by atomic mass is 10.1. The number of carbonyl (C=O) groups excluding carboxylic acids is 1. The van der Waals surface area contributed by atoms with Crippen LogP contribution in [0.3, 0.4) is 0 Å². The van der Waals surface area contributed by atoms with E-state index in [4.69, 9.17) is 9.72 Å². The zero-order valence-corrected chi connectivity index (χ0v) is 19.2. The fraction of sp³-hybridized carbons (Fsp3) is 0.360. The number of aromatic nitrogens is 2. The molecule has 0 saturated heterocycles. The summed E-state index contributed by atoms with van der Waals surface area (Å²) in [5.74, 6) is 0.583. The molecule has 0 atom stereocenters. The molecule has 1 heterocycles. The van der Waals surface area contributed by atoms with Crippen LogP contribution in [-0.2, 0) is 29.7 Å². The van der Waals surface area contributed by atoms with Crippen molar-refractivity contribution in [2.45, 2.75) is 20.0 Å². The first-order chi connectivity index (χ1) is 16.0. The second-order valence-corrected chi connectivity index (χ2v) is 7.62. The van der Waals surface area contributed by atoms with Gasteiger partial charge in [-0.15, -0.1) is 0 Å². The second-order valence-electron chi connectivity index (χ2n) is 7.62.